The molecule has 1 heterocycles. The SMILES string of the molecule is O=C(Nc1ccc(-c2nc(-c3ccccc3)c(C(F)(F)F)o2)cc1)c1ccccc1C(F)(F)F. The lowest BCUT2D eigenvalue weighted by atomic mass is 10.1. The highest BCUT2D eigenvalue weighted by molar-refractivity contribution is 6.05. The lowest BCUT2D eigenvalue weighted by Crippen LogP contribution is -2.18. The van der Waals surface area contributed by atoms with Crippen molar-refractivity contribution >= 4 is 11.6 Å². The molecule has 4 rings (SSSR count). The Morgan fingerprint density at radius 3 is 1.97 bits per heavy atom. The average molecular weight is 476 g/mol. The van der Waals surface area contributed by atoms with Crippen molar-refractivity contribution in [2.45, 2.75) is 12.4 Å². The molecule has 4 aromatic rings. The van der Waals surface area contributed by atoms with E-state index in [-0.39, 0.29) is 28.4 Å². The summed E-state index contributed by atoms with van der Waals surface area (Å²) in [6.45, 7) is 0. The zero-order valence-corrected chi connectivity index (χ0v) is 17.0. The molecule has 10 heteroatoms. The summed E-state index contributed by atoms with van der Waals surface area (Å²) in [5, 5.41) is 2.35. The number of rotatable bonds is 4. The lowest BCUT2D eigenvalue weighted by Gasteiger charge is -2.12. The Labute approximate surface area is 188 Å². The van der Waals surface area contributed by atoms with Gasteiger partial charge >= 0.3 is 12.4 Å². The van der Waals surface area contributed by atoms with E-state index in [1.807, 2.05) is 0 Å². The van der Waals surface area contributed by atoms with Gasteiger partial charge in [0.1, 0.15) is 5.69 Å². The number of benzene rings is 3. The number of amides is 1. The molecule has 1 N–H and O–H groups in total. The maximum atomic E-state index is 13.5. The molecular formula is C24H14F6N2O2. The van der Waals surface area contributed by atoms with Crippen molar-refractivity contribution in [1.29, 1.82) is 0 Å². The number of nitrogens with zero attached hydrogens (tertiary/aromatic N) is 1. The lowest BCUT2D eigenvalue weighted by molar-refractivity contribution is -0.152. The van der Waals surface area contributed by atoms with E-state index in [9.17, 15) is 31.1 Å². The second-order valence-electron chi connectivity index (χ2n) is 7.14. The first-order chi connectivity index (χ1) is 16.0. The topological polar surface area (TPSA) is 55.1 Å². The van der Waals surface area contributed by atoms with Crippen LogP contribution < -0.4 is 5.32 Å². The van der Waals surface area contributed by atoms with Gasteiger partial charge < -0.3 is 9.73 Å². The van der Waals surface area contributed by atoms with E-state index in [1.165, 1.54) is 48.5 Å². The predicted octanol–water partition coefficient (Wildman–Crippen LogP) is 7.30. The number of carbonyl (C=O) groups is 1. The Bertz CT molecular complexity index is 1310. The van der Waals surface area contributed by atoms with Crippen molar-refractivity contribution in [2.24, 2.45) is 0 Å². The van der Waals surface area contributed by atoms with E-state index < -0.39 is 35.1 Å². The summed E-state index contributed by atoms with van der Waals surface area (Å²) in [5.74, 6) is -2.54. The van der Waals surface area contributed by atoms with Crippen molar-refractivity contribution in [1.82, 2.24) is 4.98 Å². The Balaban J connectivity index is 1.61. The van der Waals surface area contributed by atoms with Crippen molar-refractivity contribution in [2.75, 3.05) is 5.32 Å². The van der Waals surface area contributed by atoms with Crippen LogP contribution in [-0.2, 0) is 12.4 Å². The average Bonchev–Trinajstić information content (AvgIpc) is 3.26. The number of carbonyl (C=O) groups excluding carboxylic acids is 1. The number of nitrogens with one attached hydrogen (secondary N) is 1. The summed E-state index contributed by atoms with van der Waals surface area (Å²) < 4.78 is 84.9. The van der Waals surface area contributed by atoms with E-state index in [1.54, 1.807) is 18.2 Å². The minimum Gasteiger partial charge on any atom is -0.431 e. The van der Waals surface area contributed by atoms with E-state index in [4.69, 9.17) is 4.42 Å². The molecule has 4 nitrogen and oxygen atoms in total. The molecule has 174 valence electrons. The van der Waals surface area contributed by atoms with Gasteiger partial charge in [0.15, 0.2) is 0 Å². The van der Waals surface area contributed by atoms with Gasteiger partial charge in [-0.15, -0.1) is 0 Å². The molecule has 0 saturated carbocycles. The molecule has 0 atom stereocenters. The zero-order chi connectivity index (χ0) is 24.5. The van der Waals surface area contributed by atoms with Crippen LogP contribution in [0.5, 0.6) is 0 Å². The minimum absolute atomic E-state index is 0.136. The van der Waals surface area contributed by atoms with Crippen LogP contribution in [0, 0.1) is 0 Å². The summed E-state index contributed by atoms with van der Waals surface area (Å²) in [6, 6.07) is 17.4. The summed E-state index contributed by atoms with van der Waals surface area (Å²) >= 11 is 0. The maximum Gasteiger partial charge on any atom is 0.451 e. The smallest absolute Gasteiger partial charge is 0.431 e. The third-order valence-electron chi connectivity index (χ3n) is 4.80. The van der Waals surface area contributed by atoms with Crippen molar-refractivity contribution in [3.63, 3.8) is 0 Å². The fourth-order valence-electron chi connectivity index (χ4n) is 3.25. The van der Waals surface area contributed by atoms with Gasteiger partial charge in [-0.05, 0) is 36.4 Å². The number of oxazole rings is 1. The number of hydrogen-bond donors (Lipinski definition) is 1. The second kappa shape index (κ2) is 8.69. The van der Waals surface area contributed by atoms with Gasteiger partial charge in [-0.2, -0.15) is 26.3 Å². The molecule has 0 radical (unpaired) electrons. The highest BCUT2D eigenvalue weighted by Crippen LogP contribution is 2.40. The van der Waals surface area contributed by atoms with Gasteiger partial charge in [-0.3, -0.25) is 4.79 Å². The first kappa shape index (κ1) is 23.1. The maximum absolute atomic E-state index is 13.5. The van der Waals surface area contributed by atoms with Gasteiger partial charge in [0.25, 0.3) is 5.91 Å². The molecular weight excluding hydrogens is 462 g/mol. The molecule has 34 heavy (non-hydrogen) atoms. The van der Waals surface area contributed by atoms with Crippen LogP contribution in [0.15, 0.2) is 83.3 Å². The van der Waals surface area contributed by atoms with Gasteiger partial charge in [-0.1, -0.05) is 42.5 Å². The molecule has 1 aromatic heterocycles. The first-order valence-electron chi connectivity index (χ1n) is 9.75. The molecule has 0 fully saturated rings. The first-order valence-corrected chi connectivity index (χ1v) is 9.75. The summed E-state index contributed by atoms with van der Waals surface area (Å²) in [4.78, 5) is 16.4. The molecule has 0 aliphatic heterocycles. The van der Waals surface area contributed by atoms with E-state index >= 15 is 0 Å². The van der Waals surface area contributed by atoms with Crippen LogP contribution in [0.25, 0.3) is 22.7 Å². The number of anilines is 1. The molecule has 0 aliphatic rings. The Morgan fingerprint density at radius 1 is 0.735 bits per heavy atom. The van der Waals surface area contributed by atoms with Crippen LogP contribution in [0.1, 0.15) is 21.7 Å². The Morgan fingerprint density at radius 2 is 1.35 bits per heavy atom. The van der Waals surface area contributed by atoms with Gasteiger partial charge in [0.2, 0.25) is 11.7 Å². The van der Waals surface area contributed by atoms with Gasteiger partial charge in [0, 0.05) is 16.8 Å². The quantitative estimate of drug-likeness (QED) is 0.315. The highest BCUT2D eigenvalue weighted by Gasteiger charge is 2.40. The van der Waals surface area contributed by atoms with Crippen LogP contribution in [0.3, 0.4) is 0 Å². The minimum atomic E-state index is -4.78. The number of halogens is 6. The van der Waals surface area contributed by atoms with Crippen molar-refractivity contribution < 1.29 is 35.6 Å². The van der Waals surface area contributed by atoms with Crippen molar-refractivity contribution in [3.8, 4) is 22.7 Å². The molecule has 0 unspecified atom stereocenters. The van der Waals surface area contributed by atoms with Gasteiger partial charge in [-0.25, -0.2) is 4.98 Å². The number of aromatic nitrogens is 1. The fourth-order valence-corrected chi connectivity index (χ4v) is 3.25. The largest absolute Gasteiger partial charge is 0.451 e. The zero-order valence-electron chi connectivity index (χ0n) is 17.0. The fraction of sp³-hybridized carbons (Fsp3) is 0.0833. The van der Waals surface area contributed by atoms with Crippen molar-refractivity contribution in [3.05, 3.63) is 95.7 Å². The number of alkyl halides is 6. The monoisotopic (exact) mass is 476 g/mol. The van der Waals surface area contributed by atoms with Crippen LogP contribution in [0.2, 0.25) is 0 Å². The summed E-state index contributed by atoms with van der Waals surface area (Å²) in [6.07, 6.45) is -9.49. The molecule has 3 aromatic carbocycles. The van der Waals surface area contributed by atoms with Crippen LogP contribution in [-0.4, -0.2) is 10.9 Å². The molecule has 0 saturated heterocycles. The third kappa shape index (κ3) is 4.80. The molecule has 0 spiro atoms. The third-order valence-corrected chi connectivity index (χ3v) is 4.80. The second-order valence-corrected chi connectivity index (χ2v) is 7.14. The Kier molecular flexibility index (Phi) is 5.90. The van der Waals surface area contributed by atoms with Gasteiger partial charge in [0.05, 0.1) is 11.1 Å². The standard InChI is InChI=1S/C24H14F6N2O2/c25-23(26,27)18-9-5-4-8-17(18)21(33)31-16-12-10-15(11-13-16)22-32-19(14-6-2-1-3-7-14)20(34-22)24(28,29)30/h1-13H,(H,31,33). The van der Waals surface area contributed by atoms with E-state index in [2.05, 4.69) is 10.3 Å². The summed E-state index contributed by atoms with van der Waals surface area (Å²) in [5.41, 5.74) is -1.48. The van der Waals surface area contributed by atoms with E-state index in [0.29, 0.717) is 0 Å². The highest BCUT2D eigenvalue weighted by atomic mass is 19.4. The number of hydrogen-bond acceptors (Lipinski definition) is 3. The normalized spacial score (nSPS) is 11.9. The molecule has 0 aliphatic carbocycles. The van der Waals surface area contributed by atoms with E-state index in [0.717, 1.165) is 12.1 Å². The van der Waals surface area contributed by atoms with Crippen LogP contribution in [0.4, 0.5) is 32.0 Å². The molecule has 0 bridgehead atoms. The Hall–Kier alpha value is -4.08. The molecule has 1 amide bonds. The van der Waals surface area contributed by atoms with Crippen LogP contribution >= 0.6 is 0 Å². The predicted molar refractivity (Wildman–Crippen MR) is 112 cm³/mol. The summed E-state index contributed by atoms with van der Waals surface area (Å²) in [7, 11) is 0.